The number of nitrogens with zero attached hydrogens (tertiary/aromatic N) is 1. The molecule has 0 spiro atoms. The summed E-state index contributed by atoms with van der Waals surface area (Å²) in [6.07, 6.45) is 5.73. The maximum atomic E-state index is 12.4. The van der Waals surface area contributed by atoms with Gasteiger partial charge in [0.05, 0.1) is 18.4 Å². The molecule has 0 rings (SSSR count). The van der Waals surface area contributed by atoms with Crippen molar-refractivity contribution in [1.82, 2.24) is 4.90 Å². The van der Waals surface area contributed by atoms with Gasteiger partial charge in [0.25, 0.3) is 0 Å². The molecule has 0 fully saturated rings. The SMILES string of the molecule is C=CCCCC(=O)N(C(=O)CCCC=C)C(CC(=O)OCC=C)C(=O)[O-].[Na+]. The molecular formula is C19H26NNaO6. The first-order chi connectivity index (χ1) is 12.4. The van der Waals surface area contributed by atoms with Gasteiger partial charge < -0.3 is 14.6 Å². The quantitative estimate of drug-likeness (QED) is 0.152. The number of ether oxygens (including phenoxy) is 1. The van der Waals surface area contributed by atoms with Gasteiger partial charge in [-0.1, -0.05) is 24.8 Å². The molecule has 1 atom stereocenters. The third-order valence-electron chi connectivity index (χ3n) is 3.44. The first kappa shape index (κ1) is 27.5. The number of aliphatic carboxylic acids is 1. The topological polar surface area (TPSA) is 104 Å². The number of hydrogen-bond acceptors (Lipinski definition) is 6. The van der Waals surface area contributed by atoms with Crippen LogP contribution in [0.3, 0.4) is 0 Å². The van der Waals surface area contributed by atoms with E-state index in [1.54, 1.807) is 12.2 Å². The summed E-state index contributed by atoms with van der Waals surface area (Å²) in [6.45, 7) is 10.4. The maximum Gasteiger partial charge on any atom is 1.00 e. The second-order valence-corrected chi connectivity index (χ2v) is 5.53. The number of esters is 1. The molecule has 0 aromatic heterocycles. The number of amides is 2. The number of rotatable bonds is 14. The molecule has 0 aliphatic carbocycles. The van der Waals surface area contributed by atoms with Gasteiger partial charge in [-0.25, -0.2) is 0 Å². The molecule has 0 aromatic rings. The second-order valence-electron chi connectivity index (χ2n) is 5.53. The van der Waals surface area contributed by atoms with Crippen LogP contribution in [-0.2, 0) is 23.9 Å². The van der Waals surface area contributed by atoms with E-state index in [0.717, 1.165) is 0 Å². The Morgan fingerprint density at radius 2 is 1.41 bits per heavy atom. The molecule has 1 unspecified atom stereocenters. The normalized spacial score (nSPS) is 10.7. The Labute approximate surface area is 182 Å². The molecule has 8 heteroatoms. The average molecular weight is 387 g/mol. The Bertz CT molecular complexity index is 520. The molecule has 0 aliphatic heterocycles. The monoisotopic (exact) mass is 387 g/mol. The van der Waals surface area contributed by atoms with Crippen molar-refractivity contribution in [2.24, 2.45) is 0 Å². The molecule has 27 heavy (non-hydrogen) atoms. The Kier molecular flexibility index (Phi) is 16.8. The van der Waals surface area contributed by atoms with Gasteiger partial charge in [-0.3, -0.25) is 19.3 Å². The molecule has 144 valence electrons. The van der Waals surface area contributed by atoms with Crippen LogP contribution in [0.2, 0.25) is 0 Å². The van der Waals surface area contributed by atoms with Gasteiger partial charge in [-0.15, -0.1) is 13.2 Å². The first-order valence-corrected chi connectivity index (χ1v) is 8.43. The molecule has 0 saturated heterocycles. The number of hydrogen-bond donors (Lipinski definition) is 0. The first-order valence-electron chi connectivity index (χ1n) is 8.43. The van der Waals surface area contributed by atoms with Gasteiger partial charge in [0, 0.05) is 12.8 Å². The predicted octanol–water partition coefficient (Wildman–Crippen LogP) is -1.70. The Hall–Kier alpha value is -1.70. The molecule has 0 N–H and O–H groups in total. The third-order valence-corrected chi connectivity index (χ3v) is 3.44. The third kappa shape index (κ3) is 11.6. The van der Waals surface area contributed by atoms with E-state index >= 15 is 0 Å². The minimum Gasteiger partial charge on any atom is -0.548 e. The van der Waals surface area contributed by atoms with Crippen molar-refractivity contribution in [2.75, 3.05) is 6.61 Å². The smallest absolute Gasteiger partial charge is 0.548 e. The minimum atomic E-state index is -1.71. The number of imide groups is 1. The van der Waals surface area contributed by atoms with Crippen LogP contribution in [0.25, 0.3) is 0 Å². The van der Waals surface area contributed by atoms with Gasteiger partial charge in [-0.2, -0.15) is 0 Å². The Balaban J connectivity index is 0. The van der Waals surface area contributed by atoms with Crippen molar-refractivity contribution in [1.29, 1.82) is 0 Å². The number of carbonyl (C=O) groups excluding carboxylic acids is 4. The maximum absolute atomic E-state index is 12.4. The fourth-order valence-corrected chi connectivity index (χ4v) is 2.17. The summed E-state index contributed by atoms with van der Waals surface area (Å²) < 4.78 is 4.75. The molecule has 0 heterocycles. The summed E-state index contributed by atoms with van der Waals surface area (Å²) in [7, 11) is 0. The van der Waals surface area contributed by atoms with Crippen molar-refractivity contribution in [3.8, 4) is 0 Å². The van der Waals surface area contributed by atoms with Gasteiger partial charge >= 0.3 is 35.5 Å². The summed E-state index contributed by atoms with van der Waals surface area (Å²) in [5.41, 5.74) is 0. The van der Waals surface area contributed by atoms with Crippen molar-refractivity contribution < 1.29 is 58.6 Å². The van der Waals surface area contributed by atoms with E-state index in [2.05, 4.69) is 19.7 Å². The molecule has 0 radical (unpaired) electrons. The summed E-state index contributed by atoms with van der Waals surface area (Å²) in [6, 6.07) is -1.71. The Morgan fingerprint density at radius 1 is 0.926 bits per heavy atom. The van der Waals surface area contributed by atoms with E-state index in [-0.39, 0.29) is 49.0 Å². The van der Waals surface area contributed by atoms with Crippen molar-refractivity contribution in [3.63, 3.8) is 0 Å². The predicted molar refractivity (Wildman–Crippen MR) is 94.5 cm³/mol. The van der Waals surface area contributed by atoms with Crippen LogP contribution >= 0.6 is 0 Å². The van der Waals surface area contributed by atoms with Crippen LogP contribution in [0, 0.1) is 0 Å². The molecule has 7 nitrogen and oxygen atoms in total. The van der Waals surface area contributed by atoms with E-state index in [1.807, 2.05) is 0 Å². The van der Waals surface area contributed by atoms with Crippen LogP contribution in [0.4, 0.5) is 0 Å². The molecule has 0 saturated carbocycles. The molecular weight excluding hydrogens is 361 g/mol. The van der Waals surface area contributed by atoms with E-state index in [0.29, 0.717) is 30.6 Å². The molecule has 0 aliphatic rings. The number of carboxylic acid groups (broad SMARTS) is 1. The van der Waals surface area contributed by atoms with E-state index in [1.165, 1.54) is 6.08 Å². The fraction of sp³-hybridized carbons (Fsp3) is 0.474. The summed E-state index contributed by atoms with van der Waals surface area (Å²) in [5, 5.41) is 11.5. The van der Waals surface area contributed by atoms with Gasteiger partial charge in [0.15, 0.2) is 0 Å². The summed E-state index contributed by atoms with van der Waals surface area (Å²) in [4.78, 5) is 48.7. The summed E-state index contributed by atoms with van der Waals surface area (Å²) in [5.74, 6) is -3.88. The zero-order valence-electron chi connectivity index (χ0n) is 16.0. The Morgan fingerprint density at radius 3 is 1.78 bits per heavy atom. The number of unbranched alkanes of at least 4 members (excludes halogenated alkanes) is 2. The molecule has 2 amide bonds. The summed E-state index contributed by atoms with van der Waals surface area (Å²) >= 11 is 0. The standard InChI is InChI=1S/C19H27NO6.Na/c1-4-7-9-11-16(21)20(17(22)12-10-8-5-2)15(19(24)25)14-18(23)26-13-6-3;/h4-6,15H,1-3,7-14H2,(H,24,25);/q;+1/p-1. The average Bonchev–Trinajstić information content (AvgIpc) is 2.59. The minimum absolute atomic E-state index is 0. The van der Waals surface area contributed by atoms with Crippen LogP contribution < -0.4 is 34.7 Å². The fourth-order valence-electron chi connectivity index (χ4n) is 2.17. The van der Waals surface area contributed by atoms with Gasteiger partial charge in [0.1, 0.15) is 6.61 Å². The number of carboxylic acids is 1. The van der Waals surface area contributed by atoms with Crippen molar-refractivity contribution in [3.05, 3.63) is 38.0 Å². The number of allylic oxidation sites excluding steroid dienone is 2. The van der Waals surface area contributed by atoms with E-state index in [4.69, 9.17) is 4.74 Å². The van der Waals surface area contributed by atoms with Crippen molar-refractivity contribution in [2.45, 2.75) is 51.0 Å². The molecule has 0 aromatic carbocycles. The second kappa shape index (κ2) is 16.5. The van der Waals surface area contributed by atoms with Gasteiger partial charge in [-0.05, 0) is 25.7 Å². The van der Waals surface area contributed by atoms with Crippen LogP contribution in [0.5, 0.6) is 0 Å². The zero-order valence-corrected chi connectivity index (χ0v) is 18.0. The van der Waals surface area contributed by atoms with E-state index in [9.17, 15) is 24.3 Å². The van der Waals surface area contributed by atoms with Crippen molar-refractivity contribution >= 4 is 23.8 Å². The largest absolute Gasteiger partial charge is 1.00 e. The zero-order chi connectivity index (χ0) is 19.9. The van der Waals surface area contributed by atoms with Crippen LogP contribution in [0.15, 0.2) is 38.0 Å². The van der Waals surface area contributed by atoms with E-state index < -0.39 is 36.2 Å². The van der Waals surface area contributed by atoms with Crippen LogP contribution in [-0.4, -0.2) is 41.3 Å². The van der Waals surface area contributed by atoms with Crippen LogP contribution in [0.1, 0.15) is 44.9 Å². The number of carbonyl (C=O) groups is 4. The van der Waals surface area contributed by atoms with Gasteiger partial charge in [0.2, 0.25) is 11.8 Å². The molecule has 0 bridgehead atoms.